The Morgan fingerprint density at radius 1 is 1.14 bits per heavy atom. The number of ether oxygens (including phenoxy) is 2. The zero-order valence-corrected chi connectivity index (χ0v) is 15.9. The standard InChI is InChI=1S/C20H20FNO5S/c21-18-5-1-3-16(13-18)7-8-20(23)27-15-17-4-2-6-19(14-17)28(24,25)22-9-11-26-12-10-22/h1-8,13-14H,9-12,15H2/b8-7+. The Kier molecular flexibility index (Phi) is 6.56. The molecule has 148 valence electrons. The van der Waals surface area contributed by atoms with Gasteiger partial charge in [0.05, 0.1) is 18.1 Å². The van der Waals surface area contributed by atoms with Gasteiger partial charge in [-0.05, 0) is 41.5 Å². The second kappa shape index (κ2) is 9.09. The van der Waals surface area contributed by atoms with Crippen molar-refractivity contribution >= 4 is 22.1 Å². The fourth-order valence-electron chi connectivity index (χ4n) is 2.71. The summed E-state index contributed by atoms with van der Waals surface area (Å²) in [6.45, 7) is 1.29. The lowest BCUT2D eigenvalue weighted by Gasteiger charge is -2.26. The predicted octanol–water partition coefficient (Wildman–Crippen LogP) is 2.60. The van der Waals surface area contributed by atoms with Crippen LogP contribution in [-0.4, -0.2) is 45.0 Å². The maximum Gasteiger partial charge on any atom is 0.331 e. The summed E-state index contributed by atoms with van der Waals surface area (Å²) in [6, 6.07) is 12.1. The predicted molar refractivity (Wildman–Crippen MR) is 101 cm³/mol. The molecule has 28 heavy (non-hydrogen) atoms. The number of esters is 1. The number of sulfonamides is 1. The number of rotatable bonds is 6. The lowest BCUT2D eigenvalue weighted by molar-refractivity contribution is -0.138. The van der Waals surface area contributed by atoms with Crippen LogP contribution in [0.1, 0.15) is 11.1 Å². The Bertz CT molecular complexity index is 968. The van der Waals surface area contributed by atoms with Crippen molar-refractivity contribution in [1.82, 2.24) is 4.31 Å². The van der Waals surface area contributed by atoms with E-state index in [-0.39, 0.29) is 11.5 Å². The zero-order chi connectivity index (χ0) is 20.0. The second-order valence-corrected chi connectivity index (χ2v) is 8.10. The third-order valence-electron chi connectivity index (χ3n) is 4.15. The Morgan fingerprint density at radius 2 is 1.89 bits per heavy atom. The van der Waals surface area contributed by atoms with Gasteiger partial charge < -0.3 is 9.47 Å². The van der Waals surface area contributed by atoms with Crippen LogP contribution in [0.15, 0.2) is 59.5 Å². The lowest BCUT2D eigenvalue weighted by atomic mass is 10.2. The fraction of sp³-hybridized carbons (Fsp3) is 0.250. The summed E-state index contributed by atoms with van der Waals surface area (Å²) in [5.74, 6) is -1.00. The summed E-state index contributed by atoms with van der Waals surface area (Å²) in [4.78, 5) is 12.0. The first-order chi connectivity index (χ1) is 13.4. The van der Waals surface area contributed by atoms with Crippen molar-refractivity contribution in [2.24, 2.45) is 0 Å². The third kappa shape index (κ3) is 5.25. The van der Waals surface area contributed by atoms with Crippen LogP contribution in [0.25, 0.3) is 6.08 Å². The van der Waals surface area contributed by atoms with Crippen LogP contribution in [0.3, 0.4) is 0 Å². The molecule has 2 aromatic carbocycles. The topological polar surface area (TPSA) is 72.9 Å². The van der Waals surface area contributed by atoms with Gasteiger partial charge in [0.25, 0.3) is 0 Å². The summed E-state index contributed by atoms with van der Waals surface area (Å²) in [5, 5.41) is 0. The van der Waals surface area contributed by atoms with Gasteiger partial charge in [-0.3, -0.25) is 0 Å². The van der Waals surface area contributed by atoms with Gasteiger partial charge in [-0.25, -0.2) is 17.6 Å². The molecule has 0 unspecified atom stereocenters. The van der Waals surface area contributed by atoms with E-state index in [2.05, 4.69) is 0 Å². The first kappa shape index (κ1) is 20.2. The zero-order valence-electron chi connectivity index (χ0n) is 15.1. The second-order valence-electron chi connectivity index (χ2n) is 6.16. The van der Waals surface area contributed by atoms with Gasteiger partial charge in [0.2, 0.25) is 10.0 Å². The number of hydrogen-bond acceptors (Lipinski definition) is 5. The van der Waals surface area contributed by atoms with Crippen molar-refractivity contribution in [3.63, 3.8) is 0 Å². The van der Waals surface area contributed by atoms with Crippen molar-refractivity contribution < 1.29 is 27.1 Å². The molecule has 0 aliphatic carbocycles. The summed E-state index contributed by atoms with van der Waals surface area (Å²) in [5.41, 5.74) is 1.09. The van der Waals surface area contributed by atoms with Crippen LogP contribution in [0.4, 0.5) is 4.39 Å². The van der Waals surface area contributed by atoms with Crippen molar-refractivity contribution in [1.29, 1.82) is 0 Å². The Hall–Kier alpha value is -2.55. The minimum atomic E-state index is -3.61. The van der Waals surface area contributed by atoms with E-state index in [1.807, 2.05) is 0 Å². The van der Waals surface area contributed by atoms with E-state index in [1.54, 1.807) is 24.3 Å². The molecule has 1 aliphatic rings. The molecule has 1 fully saturated rings. The van der Waals surface area contributed by atoms with Gasteiger partial charge in [0.15, 0.2) is 0 Å². The molecule has 1 aliphatic heterocycles. The molecule has 1 heterocycles. The highest BCUT2D eigenvalue weighted by molar-refractivity contribution is 7.89. The van der Waals surface area contributed by atoms with Gasteiger partial charge in [-0.15, -0.1) is 0 Å². The van der Waals surface area contributed by atoms with Gasteiger partial charge >= 0.3 is 5.97 Å². The highest BCUT2D eigenvalue weighted by Crippen LogP contribution is 2.19. The number of morpholine rings is 1. The van der Waals surface area contributed by atoms with E-state index in [0.29, 0.717) is 37.4 Å². The first-order valence-corrected chi connectivity index (χ1v) is 10.2. The molecule has 0 aromatic heterocycles. The van der Waals surface area contributed by atoms with E-state index < -0.39 is 21.8 Å². The molecule has 0 N–H and O–H groups in total. The van der Waals surface area contributed by atoms with E-state index in [1.165, 1.54) is 40.7 Å². The molecule has 0 saturated carbocycles. The van der Waals surface area contributed by atoms with Crippen LogP contribution >= 0.6 is 0 Å². The average Bonchev–Trinajstić information content (AvgIpc) is 2.71. The summed E-state index contributed by atoms with van der Waals surface area (Å²) < 4.78 is 50.2. The largest absolute Gasteiger partial charge is 0.458 e. The normalized spacial score (nSPS) is 15.6. The SMILES string of the molecule is O=C(/C=C/c1cccc(F)c1)OCc1cccc(S(=O)(=O)N2CCOCC2)c1. The van der Waals surface area contributed by atoms with E-state index >= 15 is 0 Å². The monoisotopic (exact) mass is 405 g/mol. The lowest BCUT2D eigenvalue weighted by Crippen LogP contribution is -2.40. The van der Waals surface area contributed by atoms with Crippen molar-refractivity contribution in [3.05, 3.63) is 71.6 Å². The molecule has 0 bridgehead atoms. The first-order valence-electron chi connectivity index (χ1n) is 8.72. The smallest absolute Gasteiger partial charge is 0.331 e. The summed E-state index contributed by atoms with van der Waals surface area (Å²) in [7, 11) is -3.61. The number of carbonyl (C=O) groups is 1. The van der Waals surface area contributed by atoms with Crippen molar-refractivity contribution in [3.8, 4) is 0 Å². The number of carbonyl (C=O) groups excluding carboxylic acids is 1. The van der Waals surface area contributed by atoms with Crippen LogP contribution in [0.2, 0.25) is 0 Å². The van der Waals surface area contributed by atoms with Crippen molar-refractivity contribution in [2.75, 3.05) is 26.3 Å². The highest BCUT2D eigenvalue weighted by atomic mass is 32.2. The van der Waals surface area contributed by atoms with E-state index in [4.69, 9.17) is 9.47 Å². The molecule has 6 nitrogen and oxygen atoms in total. The number of nitrogens with zero attached hydrogens (tertiary/aromatic N) is 1. The number of hydrogen-bond donors (Lipinski definition) is 0. The maximum absolute atomic E-state index is 13.1. The molecule has 1 saturated heterocycles. The van der Waals surface area contributed by atoms with E-state index in [0.717, 1.165) is 0 Å². The molecule has 8 heteroatoms. The minimum absolute atomic E-state index is 0.0706. The van der Waals surface area contributed by atoms with Crippen LogP contribution < -0.4 is 0 Å². The minimum Gasteiger partial charge on any atom is -0.458 e. The van der Waals surface area contributed by atoms with Crippen LogP contribution in [0, 0.1) is 5.82 Å². The summed E-state index contributed by atoms with van der Waals surface area (Å²) >= 11 is 0. The molecule has 0 radical (unpaired) electrons. The molecule has 0 spiro atoms. The van der Waals surface area contributed by atoms with Crippen LogP contribution in [0.5, 0.6) is 0 Å². The van der Waals surface area contributed by atoms with Crippen LogP contribution in [-0.2, 0) is 30.9 Å². The highest BCUT2D eigenvalue weighted by Gasteiger charge is 2.26. The Labute approximate surface area is 163 Å². The number of halogens is 1. The Balaban J connectivity index is 1.62. The molecular weight excluding hydrogens is 385 g/mol. The fourth-order valence-corrected chi connectivity index (χ4v) is 4.19. The van der Waals surface area contributed by atoms with Gasteiger partial charge in [-0.2, -0.15) is 4.31 Å². The molecule has 0 amide bonds. The third-order valence-corrected chi connectivity index (χ3v) is 6.04. The van der Waals surface area contributed by atoms with Crippen molar-refractivity contribution in [2.45, 2.75) is 11.5 Å². The summed E-state index contributed by atoms with van der Waals surface area (Å²) in [6.07, 6.45) is 2.65. The Morgan fingerprint density at radius 3 is 2.64 bits per heavy atom. The number of benzene rings is 2. The molecule has 0 atom stereocenters. The maximum atomic E-state index is 13.1. The van der Waals surface area contributed by atoms with Gasteiger partial charge in [0.1, 0.15) is 12.4 Å². The van der Waals surface area contributed by atoms with Gasteiger partial charge in [0, 0.05) is 19.2 Å². The molecular formula is C20H20FNO5S. The molecule has 3 rings (SSSR count). The quantitative estimate of drug-likeness (QED) is 0.546. The van der Waals surface area contributed by atoms with Gasteiger partial charge in [-0.1, -0.05) is 24.3 Å². The molecule has 2 aromatic rings. The average molecular weight is 405 g/mol. The van der Waals surface area contributed by atoms with E-state index in [9.17, 15) is 17.6 Å².